The van der Waals surface area contributed by atoms with Gasteiger partial charge in [-0.05, 0) is 47.7 Å². The zero-order chi connectivity index (χ0) is 20.7. The number of nitrogens with zero attached hydrogens (tertiary/aromatic N) is 1. The molecule has 0 aliphatic carbocycles. The summed E-state index contributed by atoms with van der Waals surface area (Å²) < 4.78 is 40.2. The molecule has 0 aliphatic rings. The normalized spacial score (nSPS) is 10.9. The molecule has 2 nitrogen and oxygen atoms in total. The van der Waals surface area contributed by atoms with Crippen LogP contribution < -0.4 is 4.74 Å². The fraction of sp³-hybridized carbons (Fsp3) is 0.208. The maximum Gasteiger partial charge on any atom is 0.574 e. The van der Waals surface area contributed by atoms with E-state index in [0.717, 1.165) is 29.2 Å². The summed E-state index contributed by atoms with van der Waals surface area (Å²) >= 11 is 0. The van der Waals surface area contributed by atoms with Crippen molar-refractivity contribution >= 4 is 0 Å². The highest BCUT2D eigenvalue weighted by Gasteiger charge is 2.31. The topological polar surface area (TPSA) is 22.1 Å². The number of halogens is 3. The Balaban J connectivity index is 1.65. The fourth-order valence-corrected chi connectivity index (χ4v) is 2.77. The Hall–Kier alpha value is -3.26. The number of hydrogen-bond acceptors (Lipinski definition) is 2. The predicted octanol–water partition coefficient (Wildman–Crippen LogP) is 6.39. The largest absolute Gasteiger partial charge is 0.574 e. The molecule has 0 atom stereocenters. The second-order valence-corrected chi connectivity index (χ2v) is 6.56. The lowest BCUT2D eigenvalue weighted by Gasteiger charge is -2.06. The number of pyridine rings is 1. The molecule has 2 aromatic carbocycles. The van der Waals surface area contributed by atoms with Gasteiger partial charge in [0.25, 0.3) is 0 Å². The van der Waals surface area contributed by atoms with Crippen LogP contribution in [0.5, 0.6) is 5.88 Å². The summed E-state index contributed by atoms with van der Waals surface area (Å²) in [5.41, 5.74) is 4.91. The van der Waals surface area contributed by atoms with Crippen molar-refractivity contribution in [3.05, 3.63) is 83.6 Å². The van der Waals surface area contributed by atoms with Crippen LogP contribution in [0.1, 0.15) is 36.5 Å². The van der Waals surface area contributed by atoms with Crippen LogP contribution in [0.15, 0.2) is 66.9 Å². The molecule has 0 saturated carbocycles. The number of benzene rings is 2. The van der Waals surface area contributed by atoms with Crippen LogP contribution in [0.25, 0.3) is 11.1 Å². The van der Waals surface area contributed by atoms with E-state index in [1.807, 2.05) is 24.3 Å². The predicted molar refractivity (Wildman–Crippen MR) is 107 cm³/mol. The molecule has 0 saturated heterocycles. The Morgan fingerprint density at radius 2 is 1.41 bits per heavy atom. The number of ether oxygens (including phenoxy) is 1. The summed E-state index contributed by atoms with van der Waals surface area (Å²) in [6, 6.07) is 19.0. The first-order valence-corrected chi connectivity index (χ1v) is 9.36. The molecule has 1 heterocycles. The molecular formula is C24H20F3NO. The molecule has 0 N–H and O–H groups in total. The minimum Gasteiger partial charge on any atom is -0.388 e. The molecule has 0 bridgehead atoms. The highest BCUT2D eigenvalue weighted by Crippen LogP contribution is 2.22. The average molecular weight is 395 g/mol. The lowest BCUT2D eigenvalue weighted by molar-refractivity contribution is -0.276. The zero-order valence-corrected chi connectivity index (χ0v) is 16.0. The lowest BCUT2D eigenvalue weighted by Crippen LogP contribution is -2.17. The Morgan fingerprint density at radius 1 is 0.828 bits per heavy atom. The summed E-state index contributed by atoms with van der Waals surface area (Å²) in [4.78, 5) is 3.61. The molecule has 3 rings (SSSR count). The highest BCUT2D eigenvalue weighted by molar-refractivity contribution is 5.64. The first-order valence-electron chi connectivity index (χ1n) is 9.36. The lowest BCUT2D eigenvalue weighted by atomic mass is 10.0. The van der Waals surface area contributed by atoms with E-state index in [1.54, 1.807) is 0 Å². The van der Waals surface area contributed by atoms with Crippen molar-refractivity contribution in [2.24, 2.45) is 0 Å². The standard InChI is InChI=1S/C24H20F3NO/c1-2-3-4-18-7-12-21(13-8-18)22-14-9-19(10-15-22)5-6-20-11-16-23(28-17-20)29-24(25,26)27/h7-17H,2-4H2,1H3. The minimum atomic E-state index is -4.75. The molecular weight excluding hydrogens is 375 g/mol. The van der Waals surface area contributed by atoms with Crippen LogP contribution >= 0.6 is 0 Å². The number of unbranched alkanes of at least 4 members (excludes halogenated alkanes) is 1. The van der Waals surface area contributed by atoms with E-state index in [-0.39, 0.29) is 0 Å². The van der Waals surface area contributed by atoms with Gasteiger partial charge in [-0.3, -0.25) is 0 Å². The molecule has 0 unspecified atom stereocenters. The maximum absolute atomic E-state index is 12.1. The molecule has 0 fully saturated rings. The molecule has 0 spiro atoms. The van der Waals surface area contributed by atoms with Crippen LogP contribution in [0, 0.1) is 11.8 Å². The van der Waals surface area contributed by atoms with Gasteiger partial charge in [0.1, 0.15) is 0 Å². The van der Waals surface area contributed by atoms with Gasteiger partial charge < -0.3 is 4.74 Å². The van der Waals surface area contributed by atoms with Gasteiger partial charge in [-0.1, -0.05) is 61.6 Å². The van der Waals surface area contributed by atoms with Crippen molar-refractivity contribution in [1.29, 1.82) is 0 Å². The van der Waals surface area contributed by atoms with E-state index in [0.29, 0.717) is 5.56 Å². The molecule has 0 aliphatic heterocycles. The number of aryl methyl sites for hydroxylation is 1. The van der Waals surface area contributed by atoms with Crippen LogP contribution in [0.2, 0.25) is 0 Å². The van der Waals surface area contributed by atoms with Crippen molar-refractivity contribution in [2.45, 2.75) is 32.5 Å². The van der Waals surface area contributed by atoms with E-state index in [2.05, 4.69) is 52.8 Å². The van der Waals surface area contributed by atoms with Gasteiger partial charge in [0.2, 0.25) is 5.88 Å². The second kappa shape index (κ2) is 9.29. The van der Waals surface area contributed by atoms with Gasteiger partial charge in [-0.25, -0.2) is 4.98 Å². The Bertz CT molecular complexity index is 980. The van der Waals surface area contributed by atoms with Crippen molar-refractivity contribution in [3.63, 3.8) is 0 Å². The number of alkyl halides is 3. The van der Waals surface area contributed by atoms with Gasteiger partial charge in [-0.2, -0.15) is 0 Å². The minimum absolute atomic E-state index is 0.506. The molecule has 29 heavy (non-hydrogen) atoms. The summed E-state index contributed by atoms with van der Waals surface area (Å²) in [6.07, 6.45) is -0.0180. The molecule has 3 aromatic rings. The fourth-order valence-electron chi connectivity index (χ4n) is 2.77. The van der Waals surface area contributed by atoms with E-state index < -0.39 is 12.2 Å². The molecule has 1 aromatic heterocycles. The molecule has 0 amide bonds. The smallest absolute Gasteiger partial charge is 0.388 e. The first-order chi connectivity index (χ1) is 13.9. The van der Waals surface area contributed by atoms with E-state index in [4.69, 9.17) is 0 Å². The third-order valence-corrected chi connectivity index (χ3v) is 4.30. The third-order valence-electron chi connectivity index (χ3n) is 4.30. The summed E-state index contributed by atoms with van der Waals surface area (Å²) in [5.74, 6) is 5.37. The number of aromatic nitrogens is 1. The Kier molecular flexibility index (Phi) is 6.56. The number of hydrogen-bond donors (Lipinski definition) is 0. The molecule has 0 radical (unpaired) electrons. The van der Waals surface area contributed by atoms with Crippen molar-refractivity contribution in [3.8, 4) is 28.8 Å². The van der Waals surface area contributed by atoms with Crippen molar-refractivity contribution in [1.82, 2.24) is 4.98 Å². The van der Waals surface area contributed by atoms with Crippen LogP contribution in [-0.4, -0.2) is 11.3 Å². The van der Waals surface area contributed by atoms with Gasteiger partial charge in [0, 0.05) is 23.4 Å². The third kappa shape index (κ3) is 6.39. The van der Waals surface area contributed by atoms with E-state index in [1.165, 1.54) is 30.7 Å². The van der Waals surface area contributed by atoms with Crippen molar-refractivity contribution in [2.75, 3.05) is 0 Å². The Morgan fingerprint density at radius 3 is 1.97 bits per heavy atom. The summed E-state index contributed by atoms with van der Waals surface area (Å²) in [5, 5.41) is 0. The second-order valence-electron chi connectivity index (χ2n) is 6.56. The van der Waals surface area contributed by atoms with Crippen LogP contribution in [0.4, 0.5) is 13.2 Å². The summed E-state index contributed by atoms with van der Waals surface area (Å²) in [6.45, 7) is 2.19. The Labute approximate surface area is 168 Å². The van der Waals surface area contributed by atoms with Gasteiger partial charge in [-0.15, -0.1) is 13.2 Å². The summed E-state index contributed by atoms with van der Waals surface area (Å²) in [7, 11) is 0. The van der Waals surface area contributed by atoms with Gasteiger partial charge >= 0.3 is 6.36 Å². The van der Waals surface area contributed by atoms with E-state index >= 15 is 0 Å². The monoisotopic (exact) mass is 395 g/mol. The molecule has 5 heteroatoms. The highest BCUT2D eigenvalue weighted by atomic mass is 19.4. The van der Waals surface area contributed by atoms with Crippen LogP contribution in [-0.2, 0) is 6.42 Å². The maximum atomic E-state index is 12.1. The zero-order valence-electron chi connectivity index (χ0n) is 16.0. The van der Waals surface area contributed by atoms with E-state index in [9.17, 15) is 13.2 Å². The first kappa shape index (κ1) is 20.5. The van der Waals surface area contributed by atoms with Gasteiger partial charge in [0.15, 0.2) is 0 Å². The quantitative estimate of drug-likeness (QED) is 0.467. The molecule has 148 valence electrons. The number of rotatable bonds is 5. The van der Waals surface area contributed by atoms with Crippen molar-refractivity contribution < 1.29 is 17.9 Å². The average Bonchev–Trinajstić information content (AvgIpc) is 2.71. The van der Waals surface area contributed by atoms with Gasteiger partial charge in [0.05, 0.1) is 0 Å². The van der Waals surface area contributed by atoms with Crippen LogP contribution in [0.3, 0.4) is 0 Å². The SMILES string of the molecule is CCCCc1ccc(-c2ccc(C#Cc3ccc(OC(F)(F)F)nc3)cc2)cc1.